The van der Waals surface area contributed by atoms with Gasteiger partial charge in [-0.15, -0.1) is 0 Å². The third-order valence-electron chi connectivity index (χ3n) is 6.19. The van der Waals surface area contributed by atoms with Gasteiger partial charge in [0.05, 0.1) is 19.2 Å². The fourth-order valence-corrected chi connectivity index (χ4v) is 4.61. The lowest BCUT2D eigenvalue weighted by Gasteiger charge is -2.47. The van der Waals surface area contributed by atoms with Crippen LogP contribution in [0, 0.1) is 12.5 Å². The van der Waals surface area contributed by atoms with Crippen molar-refractivity contribution in [1.29, 1.82) is 0 Å². The molecule has 35 heavy (non-hydrogen) atoms. The Bertz CT molecular complexity index is 1000. The van der Waals surface area contributed by atoms with E-state index >= 15 is 0 Å². The van der Waals surface area contributed by atoms with Gasteiger partial charge in [0, 0.05) is 18.5 Å². The van der Waals surface area contributed by atoms with Gasteiger partial charge in [-0.2, -0.15) is 0 Å². The van der Waals surface area contributed by atoms with Crippen LogP contribution in [0.15, 0.2) is 18.2 Å². The van der Waals surface area contributed by atoms with Crippen LogP contribution in [0.4, 0.5) is 5.69 Å². The summed E-state index contributed by atoms with van der Waals surface area (Å²) in [6.45, 7) is 14.9. The minimum atomic E-state index is -0.863. The Hall–Kier alpha value is -3.16. The van der Waals surface area contributed by atoms with Crippen molar-refractivity contribution in [2.45, 2.75) is 70.7 Å². The maximum atomic E-state index is 12.7. The van der Waals surface area contributed by atoms with Gasteiger partial charge in [-0.05, 0) is 44.7 Å². The van der Waals surface area contributed by atoms with Gasteiger partial charge in [0.2, 0.25) is 11.8 Å². The summed E-state index contributed by atoms with van der Waals surface area (Å²) >= 11 is 0. The van der Waals surface area contributed by atoms with Crippen molar-refractivity contribution in [2.75, 3.05) is 19.9 Å². The normalized spacial score (nSPS) is 21.6. The molecule has 0 saturated carbocycles. The molecule has 2 aliphatic rings. The summed E-state index contributed by atoms with van der Waals surface area (Å²) in [4.78, 5) is 42.5. The van der Waals surface area contributed by atoms with Gasteiger partial charge in [0.1, 0.15) is 23.5 Å². The van der Waals surface area contributed by atoms with Crippen LogP contribution in [-0.4, -0.2) is 60.3 Å². The molecular weight excluding hydrogens is 452 g/mol. The van der Waals surface area contributed by atoms with E-state index in [0.717, 1.165) is 6.42 Å². The Morgan fingerprint density at radius 3 is 2.71 bits per heavy atom. The number of nitrogens with one attached hydrogen (secondary N) is 1. The number of hydrogen-bond donors (Lipinski definition) is 2. The quantitative estimate of drug-likeness (QED) is 0.312. The number of carbonyl (C=O) groups is 3. The predicted octanol–water partition coefficient (Wildman–Crippen LogP) is 2.45. The van der Waals surface area contributed by atoms with Crippen molar-refractivity contribution >= 4 is 23.5 Å². The molecule has 0 spiro atoms. The van der Waals surface area contributed by atoms with Gasteiger partial charge < -0.3 is 30.2 Å². The molecule has 10 heteroatoms. The Balaban J connectivity index is 1.82. The Morgan fingerprint density at radius 1 is 1.37 bits per heavy atom. The van der Waals surface area contributed by atoms with Crippen LogP contribution in [-0.2, 0) is 23.9 Å². The number of fused-ring (bicyclic) bond motifs is 1. The minimum Gasteiger partial charge on any atom is -0.485 e. The first-order valence-electron chi connectivity index (χ1n) is 11.8. The van der Waals surface area contributed by atoms with Crippen LogP contribution >= 0.6 is 0 Å². The molecule has 1 saturated heterocycles. The first-order chi connectivity index (χ1) is 16.6. The molecule has 190 valence electrons. The first-order valence-corrected chi connectivity index (χ1v) is 11.8. The van der Waals surface area contributed by atoms with Crippen molar-refractivity contribution < 1.29 is 28.6 Å². The topological polar surface area (TPSA) is 125 Å². The predicted molar refractivity (Wildman–Crippen MR) is 127 cm³/mol. The van der Waals surface area contributed by atoms with Gasteiger partial charge in [0.15, 0.2) is 12.5 Å². The SMILES string of the molecule is [C-]#[N+]c1ccc2c(c1)[C@@H](N1CCCC1=O)[C@H](OCOC(=O)[C@H](CC(C)C)NC(=O)CN)C(C)(C)O2. The lowest BCUT2D eigenvalue weighted by molar-refractivity contribution is -0.190. The van der Waals surface area contributed by atoms with Crippen LogP contribution in [0.25, 0.3) is 4.85 Å². The highest BCUT2D eigenvalue weighted by Gasteiger charge is 2.49. The van der Waals surface area contributed by atoms with E-state index in [1.54, 1.807) is 23.1 Å². The largest absolute Gasteiger partial charge is 0.485 e. The second kappa shape index (κ2) is 11.1. The number of nitrogens with zero attached hydrogens (tertiary/aromatic N) is 2. The maximum absolute atomic E-state index is 12.7. The van der Waals surface area contributed by atoms with Crippen LogP contribution in [0.1, 0.15) is 58.6 Å². The molecule has 0 radical (unpaired) electrons. The highest BCUT2D eigenvalue weighted by molar-refractivity contribution is 5.85. The standard InChI is InChI=1S/C25H34N4O6/c1-15(2)11-18(28-20(30)13-26)24(32)34-14-33-23-22(29-10-6-7-21(29)31)17-12-16(27-5)8-9-19(17)35-25(23,3)4/h8-9,12,15,18,22-23H,6-7,10-11,13-14,26H2,1-4H3,(H,28,30)/t18-,22+,23-/m0/s1. The monoisotopic (exact) mass is 486 g/mol. The summed E-state index contributed by atoms with van der Waals surface area (Å²) < 4.78 is 17.7. The zero-order valence-corrected chi connectivity index (χ0v) is 20.7. The molecule has 3 rings (SSSR count). The van der Waals surface area contributed by atoms with E-state index in [-0.39, 0.29) is 25.2 Å². The molecule has 1 aromatic rings. The summed E-state index contributed by atoms with van der Waals surface area (Å²) in [5.74, 6) is -0.352. The van der Waals surface area contributed by atoms with Crippen molar-refractivity contribution in [3.05, 3.63) is 35.2 Å². The summed E-state index contributed by atoms with van der Waals surface area (Å²) in [6, 6.07) is 3.79. The van der Waals surface area contributed by atoms with E-state index in [1.807, 2.05) is 27.7 Å². The average Bonchev–Trinajstić information content (AvgIpc) is 3.22. The molecule has 0 aromatic heterocycles. The number of ether oxygens (including phenoxy) is 3. The summed E-state index contributed by atoms with van der Waals surface area (Å²) in [6.07, 6.45) is 0.886. The van der Waals surface area contributed by atoms with Crippen LogP contribution in [0.2, 0.25) is 0 Å². The van der Waals surface area contributed by atoms with Crippen molar-refractivity contribution in [2.24, 2.45) is 11.7 Å². The van der Waals surface area contributed by atoms with Gasteiger partial charge in [-0.1, -0.05) is 19.9 Å². The number of hydrogen-bond acceptors (Lipinski definition) is 7. The second-order valence-electron chi connectivity index (χ2n) is 9.80. The zero-order chi connectivity index (χ0) is 25.8. The summed E-state index contributed by atoms with van der Waals surface area (Å²) in [7, 11) is 0. The highest BCUT2D eigenvalue weighted by atomic mass is 16.7. The third kappa shape index (κ3) is 6.10. The van der Waals surface area contributed by atoms with Gasteiger partial charge in [0.25, 0.3) is 0 Å². The van der Waals surface area contributed by atoms with Crippen LogP contribution in [0.3, 0.4) is 0 Å². The maximum Gasteiger partial charge on any atom is 0.330 e. The molecule has 0 unspecified atom stereocenters. The number of amides is 2. The summed E-state index contributed by atoms with van der Waals surface area (Å²) in [5, 5.41) is 2.59. The molecule has 2 aliphatic heterocycles. The highest BCUT2D eigenvalue weighted by Crippen LogP contribution is 2.46. The minimum absolute atomic E-state index is 0.000968. The smallest absolute Gasteiger partial charge is 0.330 e. The van der Waals surface area contributed by atoms with Crippen molar-refractivity contribution in [1.82, 2.24) is 10.2 Å². The number of carbonyl (C=O) groups excluding carboxylic acids is 3. The molecule has 10 nitrogen and oxygen atoms in total. The molecule has 3 atom stereocenters. The molecular formula is C25H34N4O6. The lowest BCUT2D eigenvalue weighted by Crippen LogP contribution is -2.55. The van der Waals surface area contributed by atoms with Gasteiger partial charge in [-0.3, -0.25) is 9.59 Å². The van der Waals surface area contributed by atoms with Gasteiger partial charge >= 0.3 is 5.97 Å². The molecule has 2 amide bonds. The van der Waals surface area contributed by atoms with E-state index in [4.69, 9.17) is 26.5 Å². The molecule has 0 aliphatic carbocycles. The van der Waals surface area contributed by atoms with E-state index in [0.29, 0.717) is 36.4 Å². The van der Waals surface area contributed by atoms with E-state index < -0.39 is 35.7 Å². The lowest BCUT2D eigenvalue weighted by atomic mass is 9.85. The number of likely N-dealkylation sites (tertiary alicyclic amines) is 1. The second-order valence-corrected chi connectivity index (χ2v) is 9.80. The summed E-state index contributed by atoms with van der Waals surface area (Å²) in [5.41, 5.74) is 5.63. The Morgan fingerprint density at radius 2 is 2.11 bits per heavy atom. The third-order valence-corrected chi connectivity index (χ3v) is 6.19. The van der Waals surface area contributed by atoms with Crippen LogP contribution < -0.4 is 15.8 Å². The number of benzene rings is 1. The van der Waals surface area contributed by atoms with Gasteiger partial charge in [-0.25, -0.2) is 9.64 Å². The molecule has 0 bridgehead atoms. The fourth-order valence-electron chi connectivity index (χ4n) is 4.61. The van der Waals surface area contributed by atoms with E-state index in [9.17, 15) is 14.4 Å². The fraction of sp³-hybridized carbons (Fsp3) is 0.600. The first kappa shape index (κ1) is 26.4. The number of rotatable bonds is 9. The Labute approximate surface area is 205 Å². The van der Waals surface area contributed by atoms with Crippen LogP contribution in [0.5, 0.6) is 5.75 Å². The number of nitrogens with two attached hydrogens (primary N) is 1. The van der Waals surface area contributed by atoms with E-state index in [1.165, 1.54) is 0 Å². The van der Waals surface area contributed by atoms with E-state index in [2.05, 4.69) is 10.2 Å². The zero-order valence-electron chi connectivity index (χ0n) is 20.7. The number of esters is 1. The Kier molecular flexibility index (Phi) is 8.35. The van der Waals surface area contributed by atoms with Crippen molar-refractivity contribution in [3.8, 4) is 5.75 Å². The van der Waals surface area contributed by atoms with Crippen molar-refractivity contribution in [3.63, 3.8) is 0 Å². The molecule has 1 aromatic carbocycles. The molecule has 3 N–H and O–H groups in total. The molecule has 1 fully saturated rings. The molecule has 2 heterocycles. The average molecular weight is 487 g/mol.